The molecule has 1 fully saturated rings. The van der Waals surface area contributed by atoms with Gasteiger partial charge >= 0.3 is 6.03 Å². The Bertz CT molecular complexity index is 231. The number of aliphatic hydroxyl groups excluding tert-OH is 1. The molecule has 16 heavy (non-hydrogen) atoms. The van der Waals surface area contributed by atoms with Crippen LogP contribution in [0.3, 0.4) is 0 Å². The molecule has 1 aliphatic rings. The van der Waals surface area contributed by atoms with Gasteiger partial charge in [0.2, 0.25) is 0 Å². The zero-order valence-corrected chi connectivity index (χ0v) is 10.6. The largest absolute Gasteiger partial charge is 0.393 e. The lowest BCUT2D eigenvalue weighted by Gasteiger charge is -2.31. The summed E-state index contributed by atoms with van der Waals surface area (Å²) in [5.74, 6) is 0.247. The number of hydrogen-bond donors (Lipinski definition) is 2. The third kappa shape index (κ3) is 4.00. The van der Waals surface area contributed by atoms with Crippen molar-refractivity contribution in [3.8, 4) is 0 Å². The van der Waals surface area contributed by atoms with Crippen molar-refractivity contribution < 1.29 is 9.90 Å². The lowest BCUT2D eigenvalue weighted by molar-refractivity contribution is 0.0564. The van der Waals surface area contributed by atoms with Gasteiger partial charge in [-0.3, -0.25) is 0 Å². The molecule has 94 valence electrons. The number of aliphatic hydroxyl groups is 1. The van der Waals surface area contributed by atoms with E-state index in [9.17, 15) is 9.90 Å². The van der Waals surface area contributed by atoms with E-state index in [0.717, 1.165) is 19.3 Å². The second-order valence-corrected chi connectivity index (χ2v) is 5.10. The Hall–Kier alpha value is -0.770. The molecule has 0 aromatic rings. The summed E-state index contributed by atoms with van der Waals surface area (Å²) in [5.41, 5.74) is 0. The zero-order chi connectivity index (χ0) is 12.1. The van der Waals surface area contributed by atoms with Crippen LogP contribution in [0.2, 0.25) is 0 Å². The van der Waals surface area contributed by atoms with Gasteiger partial charge in [0.15, 0.2) is 0 Å². The van der Waals surface area contributed by atoms with Crippen molar-refractivity contribution in [1.29, 1.82) is 0 Å². The van der Waals surface area contributed by atoms with Crippen LogP contribution >= 0.6 is 0 Å². The van der Waals surface area contributed by atoms with Crippen LogP contribution in [0.4, 0.5) is 4.79 Å². The number of nitrogens with zero attached hydrogens (tertiary/aromatic N) is 1. The minimum Gasteiger partial charge on any atom is -0.393 e. The summed E-state index contributed by atoms with van der Waals surface area (Å²) in [7, 11) is 1.79. The Balaban J connectivity index is 2.37. The van der Waals surface area contributed by atoms with Crippen LogP contribution in [-0.4, -0.2) is 41.8 Å². The first-order chi connectivity index (χ1) is 7.50. The molecule has 2 unspecified atom stereocenters. The van der Waals surface area contributed by atoms with Gasteiger partial charge in [0.25, 0.3) is 0 Å². The Morgan fingerprint density at radius 2 is 2.06 bits per heavy atom. The van der Waals surface area contributed by atoms with Gasteiger partial charge in [-0.2, -0.15) is 0 Å². The van der Waals surface area contributed by atoms with Crippen molar-refractivity contribution in [2.75, 3.05) is 13.6 Å². The highest BCUT2D eigenvalue weighted by atomic mass is 16.3. The maximum atomic E-state index is 11.7. The summed E-state index contributed by atoms with van der Waals surface area (Å²) >= 11 is 0. The molecule has 0 radical (unpaired) electrons. The van der Waals surface area contributed by atoms with Crippen LogP contribution < -0.4 is 5.32 Å². The second kappa shape index (κ2) is 6.09. The summed E-state index contributed by atoms with van der Waals surface area (Å²) in [5, 5.41) is 12.7. The Morgan fingerprint density at radius 1 is 1.44 bits per heavy atom. The molecule has 0 aromatic heterocycles. The van der Waals surface area contributed by atoms with E-state index in [4.69, 9.17) is 0 Å². The summed E-state index contributed by atoms with van der Waals surface area (Å²) in [6.07, 6.45) is 3.95. The van der Waals surface area contributed by atoms with Crippen LogP contribution in [0, 0.1) is 5.92 Å². The van der Waals surface area contributed by atoms with Crippen molar-refractivity contribution in [3.05, 3.63) is 0 Å². The van der Waals surface area contributed by atoms with Gasteiger partial charge in [-0.15, -0.1) is 0 Å². The predicted octanol–water partition coefficient (Wildman–Crippen LogP) is 1.59. The number of urea groups is 1. The first kappa shape index (κ1) is 13.3. The molecule has 2 atom stereocenters. The van der Waals surface area contributed by atoms with Crippen molar-refractivity contribution >= 4 is 6.03 Å². The molecular weight excluding hydrogens is 204 g/mol. The molecule has 0 aliphatic heterocycles. The number of carbonyl (C=O) groups is 1. The van der Waals surface area contributed by atoms with E-state index in [1.165, 1.54) is 6.42 Å². The van der Waals surface area contributed by atoms with Crippen LogP contribution in [0.1, 0.15) is 39.5 Å². The van der Waals surface area contributed by atoms with E-state index in [1.54, 1.807) is 11.9 Å². The SMILES string of the molecule is CC(C)NC(=O)N(C)CC1CCCCC1O. The van der Waals surface area contributed by atoms with Gasteiger partial charge in [0, 0.05) is 25.6 Å². The number of hydrogen-bond acceptors (Lipinski definition) is 2. The van der Waals surface area contributed by atoms with Crippen molar-refractivity contribution in [2.24, 2.45) is 5.92 Å². The number of carbonyl (C=O) groups excluding carboxylic acids is 1. The van der Waals surface area contributed by atoms with Crippen LogP contribution in [0.5, 0.6) is 0 Å². The van der Waals surface area contributed by atoms with Crippen molar-refractivity contribution in [2.45, 2.75) is 51.7 Å². The van der Waals surface area contributed by atoms with Crippen LogP contribution in [0.25, 0.3) is 0 Å². The van der Waals surface area contributed by atoms with Crippen LogP contribution in [0.15, 0.2) is 0 Å². The maximum absolute atomic E-state index is 11.7. The summed E-state index contributed by atoms with van der Waals surface area (Å²) in [4.78, 5) is 13.3. The summed E-state index contributed by atoms with van der Waals surface area (Å²) in [6.45, 7) is 4.54. The highest BCUT2D eigenvalue weighted by Gasteiger charge is 2.25. The molecule has 1 saturated carbocycles. The predicted molar refractivity (Wildman–Crippen MR) is 64.3 cm³/mol. The lowest BCUT2D eigenvalue weighted by atomic mass is 9.86. The van der Waals surface area contributed by atoms with Gasteiger partial charge < -0.3 is 15.3 Å². The van der Waals surface area contributed by atoms with Gasteiger partial charge in [0.05, 0.1) is 6.10 Å². The van der Waals surface area contributed by atoms with Crippen LogP contribution in [-0.2, 0) is 0 Å². The first-order valence-corrected chi connectivity index (χ1v) is 6.20. The molecule has 4 heteroatoms. The normalized spacial score (nSPS) is 25.6. The van der Waals surface area contributed by atoms with Crippen molar-refractivity contribution in [3.63, 3.8) is 0 Å². The molecule has 0 bridgehead atoms. The fraction of sp³-hybridized carbons (Fsp3) is 0.917. The van der Waals surface area contributed by atoms with E-state index in [-0.39, 0.29) is 24.1 Å². The van der Waals surface area contributed by atoms with E-state index >= 15 is 0 Å². The standard InChI is InChI=1S/C12H24N2O2/c1-9(2)13-12(16)14(3)8-10-6-4-5-7-11(10)15/h9-11,15H,4-8H2,1-3H3,(H,13,16). The third-order valence-electron chi connectivity index (χ3n) is 3.14. The molecule has 0 spiro atoms. The number of amides is 2. The monoisotopic (exact) mass is 228 g/mol. The highest BCUT2D eigenvalue weighted by molar-refractivity contribution is 5.74. The molecule has 1 rings (SSSR count). The molecular formula is C12H24N2O2. The fourth-order valence-electron chi connectivity index (χ4n) is 2.19. The van der Waals surface area contributed by atoms with Gasteiger partial charge in [-0.25, -0.2) is 4.79 Å². The van der Waals surface area contributed by atoms with Crippen molar-refractivity contribution in [1.82, 2.24) is 10.2 Å². The van der Waals surface area contributed by atoms with Gasteiger partial charge in [-0.05, 0) is 26.7 Å². The maximum Gasteiger partial charge on any atom is 0.317 e. The third-order valence-corrected chi connectivity index (χ3v) is 3.14. The Kier molecular flexibility index (Phi) is 5.06. The van der Waals surface area contributed by atoms with E-state index in [0.29, 0.717) is 6.54 Å². The minimum absolute atomic E-state index is 0.0484. The lowest BCUT2D eigenvalue weighted by Crippen LogP contribution is -2.44. The van der Waals surface area contributed by atoms with E-state index in [2.05, 4.69) is 5.32 Å². The molecule has 0 aromatic carbocycles. The average molecular weight is 228 g/mol. The molecule has 1 aliphatic carbocycles. The number of nitrogens with one attached hydrogen (secondary N) is 1. The molecule has 2 N–H and O–H groups in total. The van der Waals surface area contributed by atoms with E-state index < -0.39 is 0 Å². The first-order valence-electron chi connectivity index (χ1n) is 6.20. The molecule has 0 saturated heterocycles. The fourth-order valence-corrected chi connectivity index (χ4v) is 2.19. The Labute approximate surface area is 98.0 Å². The topological polar surface area (TPSA) is 52.6 Å². The molecule has 2 amide bonds. The average Bonchev–Trinajstić information content (AvgIpc) is 2.20. The second-order valence-electron chi connectivity index (χ2n) is 5.10. The highest BCUT2D eigenvalue weighted by Crippen LogP contribution is 2.24. The minimum atomic E-state index is -0.233. The summed E-state index contributed by atoms with van der Waals surface area (Å²) < 4.78 is 0. The summed E-state index contributed by atoms with van der Waals surface area (Å²) in [6, 6.07) is 0.110. The zero-order valence-electron chi connectivity index (χ0n) is 10.6. The Morgan fingerprint density at radius 3 is 2.62 bits per heavy atom. The van der Waals surface area contributed by atoms with Gasteiger partial charge in [-0.1, -0.05) is 12.8 Å². The number of rotatable bonds is 3. The van der Waals surface area contributed by atoms with Gasteiger partial charge in [0.1, 0.15) is 0 Å². The molecule has 0 heterocycles. The van der Waals surface area contributed by atoms with E-state index in [1.807, 2.05) is 13.8 Å². The quantitative estimate of drug-likeness (QED) is 0.770. The molecule has 4 nitrogen and oxygen atoms in total. The smallest absolute Gasteiger partial charge is 0.317 e.